The summed E-state index contributed by atoms with van der Waals surface area (Å²) in [5, 5.41) is 12.6. The third-order valence-corrected chi connectivity index (χ3v) is 10.3. The van der Waals surface area contributed by atoms with Crippen molar-refractivity contribution < 1.29 is 48.0 Å². The fraction of sp³-hybridized carbons (Fsp3) is 0.432. The monoisotopic (exact) mass is 657 g/mol. The summed E-state index contributed by atoms with van der Waals surface area (Å²) in [7, 11) is 0. The molecule has 11 nitrogen and oxygen atoms in total. The minimum Gasteiger partial charge on any atom is -0.458 e. The number of pyridine rings is 1. The normalized spacial score (nSPS) is 33.1. The number of ether oxygens (including phenoxy) is 5. The SMILES string of the molecule is CC(=O)O[C@@H]1C[C@](C)(O)[C@]23OC(C)(C)[C@H](C[C@H](OC(=O)c4cccnc4)[C@]2(C)[C@H]1OC(=O)c1ccccc1)[C@H]3OC(=O)c1ccccc1. The molecular formula is C37H39NO10. The summed E-state index contributed by atoms with van der Waals surface area (Å²) in [6.07, 6.45) is -2.01. The van der Waals surface area contributed by atoms with Crippen molar-refractivity contribution in [3.63, 3.8) is 0 Å². The lowest BCUT2D eigenvalue weighted by atomic mass is 9.47. The van der Waals surface area contributed by atoms with E-state index in [1.54, 1.807) is 79.7 Å². The van der Waals surface area contributed by atoms with Gasteiger partial charge < -0.3 is 28.8 Å². The molecule has 1 spiro atoms. The molecule has 252 valence electrons. The molecule has 1 aromatic heterocycles. The molecule has 0 radical (unpaired) electrons. The number of aromatic nitrogens is 1. The zero-order valence-corrected chi connectivity index (χ0v) is 27.5. The van der Waals surface area contributed by atoms with Crippen molar-refractivity contribution in [3.8, 4) is 0 Å². The average molecular weight is 658 g/mol. The zero-order valence-electron chi connectivity index (χ0n) is 27.5. The number of benzene rings is 2. The van der Waals surface area contributed by atoms with Crippen LogP contribution in [0.5, 0.6) is 0 Å². The largest absolute Gasteiger partial charge is 0.458 e. The van der Waals surface area contributed by atoms with Gasteiger partial charge in [-0.25, -0.2) is 14.4 Å². The molecule has 2 heterocycles. The second-order valence-electron chi connectivity index (χ2n) is 13.7. The van der Waals surface area contributed by atoms with E-state index in [2.05, 4.69) is 4.98 Å². The van der Waals surface area contributed by atoms with Crippen LogP contribution in [0.2, 0.25) is 0 Å². The van der Waals surface area contributed by atoms with Crippen molar-refractivity contribution in [1.82, 2.24) is 4.98 Å². The Morgan fingerprint density at radius 2 is 1.29 bits per heavy atom. The number of esters is 4. The van der Waals surface area contributed by atoms with E-state index >= 15 is 0 Å². The van der Waals surface area contributed by atoms with Gasteiger partial charge in [-0.1, -0.05) is 36.4 Å². The number of rotatable bonds is 7. The third-order valence-electron chi connectivity index (χ3n) is 10.3. The zero-order chi connectivity index (χ0) is 34.5. The molecule has 1 saturated heterocycles. The molecule has 1 aliphatic heterocycles. The minimum absolute atomic E-state index is 0.0895. The Morgan fingerprint density at radius 3 is 1.83 bits per heavy atom. The summed E-state index contributed by atoms with van der Waals surface area (Å²) in [5.74, 6) is -3.34. The van der Waals surface area contributed by atoms with Gasteiger partial charge in [0.1, 0.15) is 23.9 Å². The summed E-state index contributed by atoms with van der Waals surface area (Å²) in [5.41, 5.74) is -5.73. The summed E-state index contributed by atoms with van der Waals surface area (Å²) in [4.78, 5) is 57.8. The quantitative estimate of drug-likeness (QED) is 0.278. The highest BCUT2D eigenvalue weighted by Gasteiger charge is 2.84. The standard InChI is InChI=1S/C37H39NO10/c1-22(39)44-27-20-35(4,43)37-29(46-31(40)23-13-8-6-9-14-23)26(34(2,3)48-37)19-28(45-33(42)25-17-12-18-38-21-25)36(37,5)30(27)47-32(41)24-15-10-7-11-16-24/h6-18,21,26-30,43H,19-20H2,1-5H3/t26-,27-,28+,29-,30+,35+,36-,37+/m1/s1. The molecule has 48 heavy (non-hydrogen) atoms. The molecule has 11 heteroatoms. The molecule has 2 bridgehead atoms. The van der Waals surface area contributed by atoms with Crippen molar-refractivity contribution in [2.24, 2.45) is 11.3 Å². The number of fused-ring (bicyclic) bond motifs is 1. The van der Waals surface area contributed by atoms with E-state index < -0.39 is 76.4 Å². The average Bonchev–Trinajstić information content (AvgIpc) is 3.24. The molecule has 1 N–H and O–H groups in total. The molecule has 3 fully saturated rings. The maximum absolute atomic E-state index is 13.8. The molecule has 3 aromatic rings. The fourth-order valence-corrected chi connectivity index (χ4v) is 8.21. The number of hydrogen-bond acceptors (Lipinski definition) is 11. The number of carbonyl (C=O) groups is 4. The van der Waals surface area contributed by atoms with E-state index in [-0.39, 0.29) is 24.0 Å². The Balaban J connectivity index is 1.54. The molecule has 6 rings (SSSR count). The smallest absolute Gasteiger partial charge is 0.339 e. The first-order valence-corrected chi connectivity index (χ1v) is 15.9. The highest BCUT2D eigenvalue weighted by molar-refractivity contribution is 5.91. The van der Waals surface area contributed by atoms with Crippen LogP contribution in [0.3, 0.4) is 0 Å². The number of hydrogen-bond donors (Lipinski definition) is 1. The van der Waals surface area contributed by atoms with E-state index in [1.807, 2.05) is 13.8 Å². The maximum Gasteiger partial charge on any atom is 0.339 e. The van der Waals surface area contributed by atoms with Crippen LogP contribution in [0, 0.1) is 11.3 Å². The molecular weight excluding hydrogens is 618 g/mol. The van der Waals surface area contributed by atoms with Crippen LogP contribution in [0.25, 0.3) is 0 Å². The second-order valence-corrected chi connectivity index (χ2v) is 13.7. The predicted octanol–water partition coefficient (Wildman–Crippen LogP) is 4.72. The molecule has 0 amide bonds. The number of carbonyl (C=O) groups excluding carboxylic acids is 4. The Morgan fingerprint density at radius 1 is 0.750 bits per heavy atom. The van der Waals surface area contributed by atoms with Crippen LogP contribution in [0.15, 0.2) is 85.2 Å². The molecule has 2 aromatic carbocycles. The Hall–Kier alpha value is -4.61. The summed E-state index contributed by atoms with van der Waals surface area (Å²) < 4.78 is 31.6. The Bertz CT molecular complexity index is 1690. The second kappa shape index (κ2) is 12.1. The van der Waals surface area contributed by atoms with Gasteiger partial charge in [-0.15, -0.1) is 0 Å². The lowest BCUT2D eigenvalue weighted by Crippen LogP contribution is -2.81. The van der Waals surface area contributed by atoms with E-state index in [0.717, 1.165) is 0 Å². The Kier molecular flexibility index (Phi) is 8.41. The van der Waals surface area contributed by atoms with Crippen LogP contribution < -0.4 is 0 Å². The first kappa shape index (κ1) is 33.3. The van der Waals surface area contributed by atoms with E-state index in [4.69, 9.17) is 23.7 Å². The van der Waals surface area contributed by atoms with Crippen molar-refractivity contribution in [3.05, 3.63) is 102 Å². The molecule has 2 saturated carbocycles. The molecule has 2 aliphatic carbocycles. The fourth-order valence-electron chi connectivity index (χ4n) is 8.21. The molecule has 3 aliphatic rings. The first-order valence-electron chi connectivity index (χ1n) is 15.9. The van der Waals surface area contributed by atoms with Crippen LogP contribution >= 0.6 is 0 Å². The Labute approximate surface area is 278 Å². The van der Waals surface area contributed by atoms with Gasteiger partial charge in [0.15, 0.2) is 6.10 Å². The van der Waals surface area contributed by atoms with Gasteiger partial charge in [0, 0.05) is 31.7 Å². The highest BCUT2D eigenvalue weighted by Crippen LogP contribution is 2.69. The van der Waals surface area contributed by atoms with Crippen LogP contribution in [-0.2, 0) is 28.5 Å². The van der Waals surface area contributed by atoms with Gasteiger partial charge >= 0.3 is 23.9 Å². The van der Waals surface area contributed by atoms with Gasteiger partial charge in [-0.05, 0) is 70.5 Å². The molecule has 8 atom stereocenters. The van der Waals surface area contributed by atoms with Gasteiger partial charge in [0.25, 0.3) is 0 Å². The number of aliphatic hydroxyl groups is 1. The van der Waals surface area contributed by atoms with Gasteiger partial charge in [0.05, 0.1) is 33.3 Å². The lowest BCUT2D eigenvalue weighted by molar-refractivity contribution is -0.341. The highest BCUT2D eigenvalue weighted by atomic mass is 16.6. The van der Waals surface area contributed by atoms with E-state index in [1.165, 1.54) is 26.2 Å². The van der Waals surface area contributed by atoms with E-state index in [0.29, 0.717) is 5.56 Å². The number of nitrogens with zero attached hydrogens (tertiary/aromatic N) is 1. The summed E-state index contributed by atoms with van der Waals surface area (Å²) >= 11 is 0. The predicted molar refractivity (Wildman–Crippen MR) is 170 cm³/mol. The van der Waals surface area contributed by atoms with Crippen molar-refractivity contribution in [2.75, 3.05) is 0 Å². The molecule has 0 unspecified atom stereocenters. The minimum atomic E-state index is -1.88. The topological polar surface area (TPSA) is 148 Å². The third kappa shape index (κ3) is 5.35. The van der Waals surface area contributed by atoms with E-state index in [9.17, 15) is 24.3 Å². The van der Waals surface area contributed by atoms with Crippen LogP contribution in [-0.4, -0.2) is 75.2 Å². The summed E-state index contributed by atoms with van der Waals surface area (Å²) in [6.45, 7) is 8.04. The van der Waals surface area contributed by atoms with Gasteiger partial charge in [0.2, 0.25) is 0 Å². The van der Waals surface area contributed by atoms with Crippen molar-refractivity contribution >= 4 is 23.9 Å². The maximum atomic E-state index is 13.8. The van der Waals surface area contributed by atoms with Crippen LogP contribution in [0.1, 0.15) is 78.5 Å². The first-order chi connectivity index (χ1) is 22.7. The van der Waals surface area contributed by atoms with Gasteiger partial charge in [-0.2, -0.15) is 0 Å². The van der Waals surface area contributed by atoms with Crippen molar-refractivity contribution in [1.29, 1.82) is 0 Å². The lowest BCUT2D eigenvalue weighted by Gasteiger charge is -2.65. The summed E-state index contributed by atoms with van der Waals surface area (Å²) in [6, 6.07) is 19.9. The van der Waals surface area contributed by atoms with Crippen molar-refractivity contribution in [2.45, 2.75) is 88.7 Å². The van der Waals surface area contributed by atoms with Crippen LogP contribution in [0.4, 0.5) is 0 Å². The van der Waals surface area contributed by atoms with Gasteiger partial charge in [-0.3, -0.25) is 9.78 Å².